The summed E-state index contributed by atoms with van der Waals surface area (Å²) in [6.07, 6.45) is 1.14. The van der Waals surface area contributed by atoms with Crippen LogP contribution in [0.5, 0.6) is 0 Å². The van der Waals surface area contributed by atoms with Crippen LogP contribution in [0.2, 0.25) is 5.02 Å². The summed E-state index contributed by atoms with van der Waals surface area (Å²) < 4.78 is 5.67. The number of pyridine rings is 1. The lowest BCUT2D eigenvalue weighted by Gasteiger charge is -2.42. The predicted octanol–water partition coefficient (Wildman–Crippen LogP) is 1.35. The van der Waals surface area contributed by atoms with E-state index in [1.807, 2.05) is 13.8 Å². The molecule has 19 heavy (non-hydrogen) atoms. The molecular formula is C13H17ClN2O3. The van der Waals surface area contributed by atoms with E-state index in [-0.39, 0.29) is 18.6 Å². The first-order valence-corrected chi connectivity index (χ1v) is 6.48. The van der Waals surface area contributed by atoms with Crippen LogP contribution in [0, 0.1) is 0 Å². The number of ether oxygens (including phenoxy) is 1. The summed E-state index contributed by atoms with van der Waals surface area (Å²) in [5.74, 6) is -0.197. The van der Waals surface area contributed by atoms with Crippen LogP contribution in [0.3, 0.4) is 0 Å². The molecule has 0 saturated carbocycles. The average molecular weight is 285 g/mol. The van der Waals surface area contributed by atoms with Gasteiger partial charge in [0, 0.05) is 24.3 Å². The summed E-state index contributed by atoms with van der Waals surface area (Å²) in [5, 5.41) is 9.71. The lowest BCUT2D eigenvalue weighted by molar-refractivity contribution is -0.139. The maximum Gasteiger partial charge on any atom is 0.272 e. The zero-order valence-electron chi connectivity index (χ0n) is 11.0. The van der Waals surface area contributed by atoms with Crippen molar-refractivity contribution >= 4 is 17.5 Å². The third kappa shape index (κ3) is 3.43. The summed E-state index contributed by atoms with van der Waals surface area (Å²) >= 11 is 5.86. The molecular weight excluding hydrogens is 268 g/mol. The van der Waals surface area contributed by atoms with E-state index in [1.165, 1.54) is 6.20 Å². The molecule has 6 heteroatoms. The van der Waals surface area contributed by atoms with E-state index in [0.29, 0.717) is 23.8 Å². The summed E-state index contributed by atoms with van der Waals surface area (Å²) in [4.78, 5) is 18.0. The molecule has 1 N–H and O–H groups in total. The number of aromatic nitrogens is 1. The van der Waals surface area contributed by atoms with E-state index >= 15 is 0 Å². The van der Waals surface area contributed by atoms with Gasteiger partial charge in [-0.3, -0.25) is 9.78 Å². The van der Waals surface area contributed by atoms with Crippen LogP contribution >= 0.6 is 11.6 Å². The SMILES string of the molecule is CC1(C)CN(C(=O)c2cc(Cl)ccn2)CC(CO)O1. The van der Waals surface area contributed by atoms with Crippen LogP contribution in [0.15, 0.2) is 18.3 Å². The number of aliphatic hydroxyl groups excluding tert-OH is 1. The second kappa shape index (κ2) is 5.45. The van der Waals surface area contributed by atoms with Gasteiger partial charge in [-0.1, -0.05) is 11.6 Å². The number of hydrogen-bond acceptors (Lipinski definition) is 4. The van der Waals surface area contributed by atoms with Crippen LogP contribution in [0.1, 0.15) is 24.3 Å². The summed E-state index contributed by atoms with van der Waals surface area (Å²) in [6.45, 7) is 4.47. The van der Waals surface area contributed by atoms with Gasteiger partial charge in [-0.15, -0.1) is 0 Å². The zero-order valence-corrected chi connectivity index (χ0v) is 11.7. The van der Waals surface area contributed by atoms with Gasteiger partial charge in [0.1, 0.15) is 5.69 Å². The largest absolute Gasteiger partial charge is 0.394 e. The molecule has 0 bridgehead atoms. The Labute approximate surface area is 117 Å². The lowest BCUT2D eigenvalue weighted by Crippen LogP contribution is -2.55. The maximum atomic E-state index is 12.4. The molecule has 104 valence electrons. The minimum atomic E-state index is -0.486. The van der Waals surface area contributed by atoms with Crippen molar-refractivity contribution in [2.75, 3.05) is 19.7 Å². The Morgan fingerprint density at radius 2 is 2.42 bits per heavy atom. The molecule has 2 rings (SSSR count). The Bertz CT molecular complexity index is 479. The number of morpholine rings is 1. The highest BCUT2D eigenvalue weighted by molar-refractivity contribution is 6.30. The summed E-state index contributed by atoms with van der Waals surface area (Å²) in [6, 6.07) is 3.17. The van der Waals surface area contributed by atoms with E-state index in [0.717, 1.165) is 0 Å². The van der Waals surface area contributed by atoms with Gasteiger partial charge in [0.2, 0.25) is 0 Å². The summed E-state index contributed by atoms with van der Waals surface area (Å²) in [7, 11) is 0. The molecule has 1 aromatic rings. The molecule has 0 radical (unpaired) electrons. The second-order valence-corrected chi connectivity index (χ2v) is 5.66. The van der Waals surface area contributed by atoms with E-state index in [2.05, 4.69) is 4.98 Å². The van der Waals surface area contributed by atoms with Crippen LogP contribution < -0.4 is 0 Å². The Kier molecular flexibility index (Phi) is 4.08. The molecule has 1 saturated heterocycles. The van der Waals surface area contributed by atoms with Gasteiger partial charge in [0.15, 0.2) is 0 Å². The normalized spacial score (nSPS) is 22.3. The van der Waals surface area contributed by atoms with Crippen molar-refractivity contribution in [2.45, 2.75) is 25.6 Å². The van der Waals surface area contributed by atoms with Crippen LogP contribution in [-0.2, 0) is 4.74 Å². The number of amides is 1. The van der Waals surface area contributed by atoms with Gasteiger partial charge in [-0.2, -0.15) is 0 Å². The second-order valence-electron chi connectivity index (χ2n) is 5.23. The number of hydrogen-bond donors (Lipinski definition) is 1. The lowest BCUT2D eigenvalue weighted by atomic mass is 10.0. The van der Waals surface area contributed by atoms with Crippen LogP contribution in [0.4, 0.5) is 0 Å². The molecule has 0 aromatic carbocycles. The van der Waals surface area contributed by atoms with Crippen molar-refractivity contribution < 1.29 is 14.6 Å². The first kappa shape index (κ1) is 14.2. The first-order valence-electron chi connectivity index (χ1n) is 6.11. The Hall–Kier alpha value is -1.17. The van der Waals surface area contributed by atoms with Crippen LogP contribution in [0.25, 0.3) is 0 Å². The van der Waals surface area contributed by atoms with Crippen molar-refractivity contribution in [3.8, 4) is 0 Å². The third-order valence-corrected chi connectivity index (χ3v) is 3.15. The monoisotopic (exact) mass is 284 g/mol. The molecule has 1 aliphatic heterocycles. The quantitative estimate of drug-likeness (QED) is 0.890. The molecule has 0 spiro atoms. The topological polar surface area (TPSA) is 62.7 Å². The molecule has 1 aromatic heterocycles. The van der Waals surface area contributed by atoms with Gasteiger partial charge < -0.3 is 14.7 Å². The number of rotatable bonds is 2. The van der Waals surface area contributed by atoms with Crippen molar-refractivity contribution in [2.24, 2.45) is 0 Å². The van der Waals surface area contributed by atoms with Gasteiger partial charge in [0.05, 0.1) is 18.3 Å². The number of carbonyl (C=O) groups excluding carboxylic acids is 1. The predicted molar refractivity (Wildman–Crippen MR) is 71.2 cm³/mol. The minimum Gasteiger partial charge on any atom is -0.394 e. The van der Waals surface area contributed by atoms with Crippen molar-refractivity contribution in [1.82, 2.24) is 9.88 Å². The van der Waals surface area contributed by atoms with Gasteiger partial charge in [-0.05, 0) is 26.0 Å². The van der Waals surface area contributed by atoms with Gasteiger partial charge in [0.25, 0.3) is 5.91 Å². The van der Waals surface area contributed by atoms with Gasteiger partial charge >= 0.3 is 0 Å². The fourth-order valence-corrected chi connectivity index (χ4v) is 2.39. The molecule has 5 nitrogen and oxygen atoms in total. The number of nitrogens with zero attached hydrogens (tertiary/aromatic N) is 2. The highest BCUT2D eigenvalue weighted by Gasteiger charge is 2.35. The molecule has 1 fully saturated rings. The minimum absolute atomic E-state index is 0.115. The maximum absolute atomic E-state index is 12.4. The van der Waals surface area contributed by atoms with E-state index in [9.17, 15) is 9.90 Å². The van der Waals surface area contributed by atoms with E-state index < -0.39 is 5.60 Å². The fraction of sp³-hybridized carbons (Fsp3) is 0.538. The third-order valence-electron chi connectivity index (χ3n) is 2.91. The Balaban J connectivity index is 2.18. The van der Waals surface area contributed by atoms with Crippen molar-refractivity contribution in [3.05, 3.63) is 29.0 Å². The number of carbonyl (C=O) groups is 1. The van der Waals surface area contributed by atoms with Crippen molar-refractivity contribution in [3.63, 3.8) is 0 Å². The molecule has 2 heterocycles. The van der Waals surface area contributed by atoms with Gasteiger partial charge in [-0.25, -0.2) is 0 Å². The highest BCUT2D eigenvalue weighted by atomic mass is 35.5. The Morgan fingerprint density at radius 3 is 3.05 bits per heavy atom. The number of aliphatic hydroxyl groups is 1. The Morgan fingerprint density at radius 1 is 1.68 bits per heavy atom. The smallest absolute Gasteiger partial charge is 0.272 e. The van der Waals surface area contributed by atoms with Crippen LogP contribution in [-0.4, -0.2) is 52.3 Å². The molecule has 1 aliphatic rings. The fourth-order valence-electron chi connectivity index (χ4n) is 2.23. The molecule has 0 aliphatic carbocycles. The highest BCUT2D eigenvalue weighted by Crippen LogP contribution is 2.22. The van der Waals surface area contributed by atoms with E-state index in [1.54, 1.807) is 17.0 Å². The standard InChI is InChI=1S/C13H17ClN2O3/c1-13(2)8-16(6-10(7-17)19-13)12(18)11-5-9(14)3-4-15-11/h3-5,10,17H,6-8H2,1-2H3. The number of halogens is 1. The van der Waals surface area contributed by atoms with E-state index in [4.69, 9.17) is 16.3 Å². The molecule has 1 unspecified atom stereocenters. The average Bonchev–Trinajstić information content (AvgIpc) is 2.36. The van der Waals surface area contributed by atoms with Crippen molar-refractivity contribution in [1.29, 1.82) is 0 Å². The zero-order chi connectivity index (χ0) is 14.0. The molecule has 1 atom stereocenters. The summed E-state index contributed by atoms with van der Waals surface area (Å²) in [5.41, 5.74) is -0.179. The first-order chi connectivity index (χ1) is 8.91. The molecule has 1 amide bonds.